The molecule has 0 aromatic heterocycles. The summed E-state index contributed by atoms with van der Waals surface area (Å²) in [5, 5.41) is 3.51. The van der Waals surface area contributed by atoms with Crippen molar-refractivity contribution in [3.05, 3.63) is 29.8 Å². The third-order valence-corrected chi connectivity index (χ3v) is 4.11. The summed E-state index contributed by atoms with van der Waals surface area (Å²) in [6.07, 6.45) is 4.69. The first kappa shape index (κ1) is 11.9. The molecule has 2 fully saturated rings. The molecule has 2 unspecified atom stereocenters. The number of nitrogens with one attached hydrogen (secondary N) is 1. The van der Waals surface area contributed by atoms with Crippen molar-refractivity contribution in [1.82, 2.24) is 5.32 Å². The van der Waals surface area contributed by atoms with Crippen LogP contribution in [0.4, 0.5) is 14.5 Å². The smallest absolute Gasteiger partial charge is 0.149 e. The highest BCUT2D eigenvalue weighted by Crippen LogP contribution is 2.31. The number of fused-ring (bicyclic) bond motifs is 1. The minimum absolute atomic E-state index is 0.354. The highest BCUT2D eigenvalue weighted by molar-refractivity contribution is 5.50. The molecule has 0 radical (unpaired) electrons. The van der Waals surface area contributed by atoms with E-state index >= 15 is 0 Å². The lowest BCUT2D eigenvalue weighted by molar-refractivity contribution is 0.282. The van der Waals surface area contributed by atoms with E-state index in [4.69, 9.17) is 0 Å². The van der Waals surface area contributed by atoms with Crippen molar-refractivity contribution in [3.63, 3.8) is 0 Å². The Morgan fingerprint density at radius 2 is 2.00 bits per heavy atom. The molecule has 1 heterocycles. The standard InChI is InChI=1S/C14H18F2N2/c15-10-5-6-13(11(16)9-10)18-8-7-17-12-3-1-2-4-14(12)18/h5-6,9,12,14,17H,1-4,7-8H2. The minimum Gasteiger partial charge on any atom is -0.363 e. The zero-order valence-electron chi connectivity index (χ0n) is 10.3. The maximum absolute atomic E-state index is 13.9. The molecule has 1 aromatic carbocycles. The van der Waals surface area contributed by atoms with Crippen molar-refractivity contribution in [3.8, 4) is 0 Å². The van der Waals surface area contributed by atoms with Crippen LogP contribution in [-0.2, 0) is 0 Å². The second kappa shape index (κ2) is 4.84. The molecule has 1 aliphatic carbocycles. The molecule has 1 saturated carbocycles. The van der Waals surface area contributed by atoms with Gasteiger partial charge in [0.1, 0.15) is 11.6 Å². The number of benzene rings is 1. The van der Waals surface area contributed by atoms with Crippen LogP contribution >= 0.6 is 0 Å². The minimum atomic E-state index is -0.508. The lowest BCUT2D eigenvalue weighted by atomic mass is 9.87. The molecule has 98 valence electrons. The molecule has 4 heteroatoms. The molecule has 0 spiro atoms. The summed E-state index contributed by atoms with van der Waals surface area (Å²) in [7, 11) is 0. The normalized spacial score (nSPS) is 28.0. The average molecular weight is 252 g/mol. The number of hydrogen-bond acceptors (Lipinski definition) is 2. The van der Waals surface area contributed by atoms with Crippen LogP contribution in [0.5, 0.6) is 0 Å². The fraction of sp³-hybridized carbons (Fsp3) is 0.571. The second-order valence-corrected chi connectivity index (χ2v) is 5.20. The topological polar surface area (TPSA) is 15.3 Å². The van der Waals surface area contributed by atoms with Gasteiger partial charge in [-0.1, -0.05) is 12.8 Å². The molecule has 3 rings (SSSR count). The summed E-state index contributed by atoms with van der Waals surface area (Å²) < 4.78 is 26.9. The number of anilines is 1. The molecule has 1 saturated heterocycles. The van der Waals surface area contributed by atoms with E-state index in [-0.39, 0.29) is 0 Å². The van der Waals surface area contributed by atoms with Gasteiger partial charge in [0.2, 0.25) is 0 Å². The third-order valence-electron chi connectivity index (χ3n) is 4.11. The zero-order chi connectivity index (χ0) is 12.5. The van der Waals surface area contributed by atoms with Gasteiger partial charge in [0, 0.05) is 31.2 Å². The average Bonchev–Trinajstić information content (AvgIpc) is 2.38. The molecular weight excluding hydrogens is 234 g/mol. The SMILES string of the molecule is Fc1ccc(N2CCNC3CCCCC32)c(F)c1. The van der Waals surface area contributed by atoms with E-state index in [1.54, 1.807) is 6.07 Å². The monoisotopic (exact) mass is 252 g/mol. The van der Waals surface area contributed by atoms with Crippen molar-refractivity contribution >= 4 is 5.69 Å². The van der Waals surface area contributed by atoms with Crippen LogP contribution in [0.15, 0.2) is 18.2 Å². The predicted octanol–water partition coefficient (Wildman–Crippen LogP) is 2.69. The quantitative estimate of drug-likeness (QED) is 0.826. The van der Waals surface area contributed by atoms with Gasteiger partial charge in [0.25, 0.3) is 0 Å². The highest BCUT2D eigenvalue weighted by atomic mass is 19.1. The number of halogens is 2. The van der Waals surface area contributed by atoms with Crippen LogP contribution < -0.4 is 10.2 Å². The Kier molecular flexibility index (Phi) is 3.20. The summed E-state index contributed by atoms with van der Waals surface area (Å²) in [4.78, 5) is 2.12. The van der Waals surface area contributed by atoms with Crippen LogP contribution in [0, 0.1) is 11.6 Å². The first-order chi connectivity index (χ1) is 8.75. The number of rotatable bonds is 1. The van der Waals surface area contributed by atoms with Gasteiger partial charge < -0.3 is 10.2 Å². The fourth-order valence-electron chi connectivity index (χ4n) is 3.27. The lowest BCUT2D eigenvalue weighted by Crippen LogP contribution is -2.59. The molecule has 2 aliphatic rings. The number of piperazine rings is 1. The second-order valence-electron chi connectivity index (χ2n) is 5.20. The Hall–Kier alpha value is -1.16. The van der Waals surface area contributed by atoms with Gasteiger partial charge in [-0.2, -0.15) is 0 Å². The molecule has 0 amide bonds. The molecule has 18 heavy (non-hydrogen) atoms. The van der Waals surface area contributed by atoms with E-state index in [0.717, 1.165) is 32.0 Å². The largest absolute Gasteiger partial charge is 0.363 e. The van der Waals surface area contributed by atoms with E-state index in [9.17, 15) is 8.78 Å². The summed E-state index contributed by atoms with van der Waals surface area (Å²) in [5.41, 5.74) is 0.551. The Morgan fingerprint density at radius 1 is 1.17 bits per heavy atom. The first-order valence-electron chi connectivity index (χ1n) is 6.71. The summed E-state index contributed by atoms with van der Waals surface area (Å²) in [5.74, 6) is -0.951. The predicted molar refractivity (Wildman–Crippen MR) is 67.8 cm³/mol. The van der Waals surface area contributed by atoms with Crippen LogP contribution in [0.25, 0.3) is 0 Å². The molecule has 0 bridgehead atoms. The van der Waals surface area contributed by atoms with E-state index < -0.39 is 11.6 Å². The molecular formula is C14H18F2N2. The molecule has 1 aliphatic heterocycles. The first-order valence-corrected chi connectivity index (χ1v) is 6.71. The third kappa shape index (κ3) is 2.09. The van der Waals surface area contributed by atoms with Crippen molar-refractivity contribution in [2.45, 2.75) is 37.8 Å². The van der Waals surface area contributed by atoms with Crippen molar-refractivity contribution < 1.29 is 8.78 Å². The number of hydrogen-bond donors (Lipinski definition) is 1. The summed E-state index contributed by atoms with van der Waals surface area (Å²) >= 11 is 0. The van der Waals surface area contributed by atoms with E-state index in [2.05, 4.69) is 10.2 Å². The summed E-state index contributed by atoms with van der Waals surface area (Å²) in [6, 6.07) is 4.71. The zero-order valence-corrected chi connectivity index (χ0v) is 10.3. The van der Waals surface area contributed by atoms with Crippen LogP contribution in [0.2, 0.25) is 0 Å². The molecule has 2 nitrogen and oxygen atoms in total. The van der Waals surface area contributed by atoms with Crippen LogP contribution in [-0.4, -0.2) is 25.2 Å². The lowest BCUT2D eigenvalue weighted by Gasteiger charge is -2.46. The van der Waals surface area contributed by atoms with Gasteiger partial charge in [-0.05, 0) is 25.0 Å². The maximum Gasteiger partial charge on any atom is 0.149 e. The van der Waals surface area contributed by atoms with Crippen molar-refractivity contribution in [2.75, 3.05) is 18.0 Å². The van der Waals surface area contributed by atoms with E-state index in [1.165, 1.54) is 18.9 Å². The molecule has 2 atom stereocenters. The van der Waals surface area contributed by atoms with Crippen molar-refractivity contribution in [1.29, 1.82) is 0 Å². The van der Waals surface area contributed by atoms with Gasteiger partial charge in [-0.15, -0.1) is 0 Å². The van der Waals surface area contributed by atoms with Gasteiger partial charge in [0.15, 0.2) is 0 Å². The Morgan fingerprint density at radius 3 is 2.83 bits per heavy atom. The van der Waals surface area contributed by atoms with Crippen LogP contribution in [0.1, 0.15) is 25.7 Å². The van der Waals surface area contributed by atoms with E-state index in [1.807, 2.05) is 0 Å². The Labute approximate surface area is 106 Å². The van der Waals surface area contributed by atoms with Gasteiger partial charge in [0.05, 0.1) is 5.69 Å². The van der Waals surface area contributed by atoms with E-state index in [0.29, 0.717) is 17.8 Å². The van der Waals surface area contributed by atoms with Crippen LogP contribution in [0.3, 0.4) is 0 Å². The van der Waals surface area contributed by atoms with Crippen molar-refractivity contribution in [2.24, 2.45) is 0 Å². The van der Waals surface area contributed by atoms with Gasteiger partial charge in [-0.3, -0.25) is 0 Å². The maximum atomic E-state index is 13.9. The summed E-state index contributed by atoms with van der Waals surface area (Å²) in [6.45, 7) is 1.67. The molecule has 1 aromatic rings. The highest BCUT2D eigenvalue weighted by Gasteiger charge is 2.34. The molecule has 1 N–H and O–H groups in total. The number of nitrogens with zero attached hydrogens (tertiary/aromatic N) is 1. The fourth-order valence-corrected chi connectivity index (χ4v) is 3.27. The van der Waals surface area contributed by atoms with Gasteiger partial charge in [-0.25, -0.2) is 8.78 Å². The Balaban J connectivity index is 1.89. The van der Waals surface area contributed by atoms with Gasteiger partial charge >= 0.3 is 0 Å². The Bertz CT molecular complexity index is 434.